The minimum atomic E-state index is -1.58. The molecule has 6 heteroatoms. The van der Waals surface area contributed by atoms with E-state index in [1.165, 1.54) is 18.2 Å². The number of phenolic OH excluding ortho intramolecular Hbond substituents is 1. The number of esters is 1. The van der Waals surface area contributed by atoms with Crippen LogP contribution in [0.15, 0.2) is 54.6 Å². The molecule has 0 saturated carbocycles. The van der Waals surface area contributed by atoms with Crippen LogP contribution in [0.2, 0.25) is 0 Å². The molecule has 1 atom stereocenters. The van der Waals surface area contributed by atoms with E-state index in [4.69, 9.17) is 20.7 Å². The van der Waals surface area contributed by atoms with Gasteiger partial charge < -0.3 is 25.8 Å². The number of carbonyl (C=O) groups is 1. The first-order chi connectivity index (χ1) is 11.4. The molecule has 0 saturated heterocycles. The van der Waals surface area contributed by atoms with Crippen molar-refractivity contribution in [3.8, 4) is 11.5 Å². The molecule has 0 aliphatic rings. The SMILES string of the molecule is N[C@@H](Cc1ccc(OC(=O)C=Cc2ccc(O)cc2)cc1)C(O)O. The van der Waals surface area contributed by atoms with Crippen molar-refractivity contribution >= 4 is 12.0 Å². The average Bonchev–Trinajstić information content (AvgIpc) is 2.56. The molecule has 0 unspecified atom stereocenters. The lowest BCUT2D eigenvalue weighted by molar-refractivity contribution is -0.128. The molecule has 0 fully saturated rings. The Kier molecular flexibility index (Phi) is 6.08. The Bertz CT molecular complexity index is 692. The first kappa shape index (κ1) is 17.7. The molecule has 0 heterocycles. The number of carbonyl (C=O) groups excluding carboxylic acids is 1. The second kappa shape index (κ2) is 8.26. The monoisotopic (exact) mass is 329 g/mol. The van der Waals surface area contributed by atoms with Gasteiger partial charge in [-0.1, -0.05) is 24.3 Å². The van der Waals surface area contributed by atoms with Gasteiger partial charge in [0.15, 0.2) is 6.29 Å². The summed E-state index contributed by atoms with van der Waals surface area (Å²) < 4.78 is 5.16. The highest BCUT2D eigenvalue weighted by atomic mass is 16.5. The third kappa shape index (κ3) is 5.51. The second-order valence-corrected chi connectivity index (χ2v) is 5.27. The molecule has 0 spiro atoms. The summed E-state index contributed by atoms with van der Waals surface area (Å²) in [5.41, 5.74) is 7.12. The highest BCUT2D eigenvalue weighted by Gasteiger charge is 2.11. The number of aromatic hydroxyl groups is 1. The molecule has 0 bridgehead atoms. The van der Waals surface area contributed by atoms with Gasteiger partial charge in [-0.05, 0) is 47.9 Å². The third-order valence-corrected chi connectivity index (χ3v) is 3.30. The molecule has 0 aromatic heterocycles. The van der Waals surface area contributed by atoms with E-state index in [-0.39, 0.29) is 5.75 Å². The van der Waals surface area contributed by atoms with E-state index in [1.54, 1.807) is 42.5 Å². The summed E-state index contributed by atoms with van der Waals surface area (Å²) in [4.78, 5) is 11.8. The largest absolute Gasteiger partial charge is 0.508 e. The highest BCUT2D eigenvalue weighted by Crippen LogP contribution is 2.15. The van der Waals surface area contributed by atoms with Gasteiger partial charge >= 0.3 is 5.97 Å². The Morgan fingerprint density at radius 3 is 2.29 bits per heavy atom. The fourth-order valence-corrected chi connectivity index (χ4v) is 1.97. The summed E-state index contributed by atoms with van der Waals surface area (Å²) >= 11 is 0. The minimum Gasteiger partial charge on any atom is -0.508 e. The van der Waals surface area contributed by atoms with Crippen molar-refractivity contribution in [3.05, 3.63) is 65.7 Å². The molecule has 24 heavy (non-hydrogen) atoms. The number of phenols is 1. The van der Waals surface area contributed by atoms with Gasteiger partial charge in [-0.2, -0.15) is 0 Å². The maximum absolute atomic E-state index is 11.8. The van der Waals surface area contributed by atoms with Crippen molar-refractivity contribution in [1.29, 1.82) is 0 Å². The Morgan fingerprint density at radius 1 is 1.08 bits per heavy atom. The van der Waals surface area contributed by atoms with Crippen LogP contribution in [-0.2, 0) is 11.2 Å². The number of aliphatic hydroxyl groups excluding tert-OH is 1. The lowest BCUT2D eigenvalue weighted by Crippen LogP contribution is -2.36. The minimum absolute atomic E-state index is 0.156. The number of benzene rings is 2. The predicted octanol–water partition coefficient (Wildman–Crippen LogP) is 1.19. The maximum Gasteiger partial charge on any atom is 0.336 e. The summed E-state index contributed by atoms with van der Waals surface area (Å²) in [5, 5.41) is 27.1. The van der Waals surface area contributed by atoms with Crippen molar-refractivity contribution in [2.24, 2.45) is 5.73 Å². The standard InChI is InChI=1S/C18H19NO5/c19-16(18(22)23)11-13-3-8-15(9-4-13)24-17(21)10-5-12-1-6-14(20)7-2-12/h1-10,16,18,20,22-23H,11,19H2/t16-/m0/s1. The molecule has 0 aliphatic carbocycles. The average molecular weight is 329 g/mol. The highest BCUT2D eigenvalue weighted by molar-refractivity contribution is 5.88. The fraction of sp³-hybridized carbons (Fsp3) is 0.167. The van der Waals surface area contributed by atoms with Crippen molar-refractivity contribution in [2.75, 3.05) is 0 Å². The lowest BCUT2D eigenvalue weighted by Gasteiger charge is -2.13. The first-order valence-electron chi connectivity index (χ1n) is 7.33. The van der Waals surface area contributed by atoms with Gasteiger partial charge in [-0.15, -0.1) is 0 Å². The number of rotatable bonds is 6. The van der Waals surface area contributed by atoms with E-state index in [2.05, 4.69) is 0 Å². The fourth-order valence-electron chi connectivity index (χ4n) is 1.97. The molecule has 5 N–H and O–H groups in total. The zero-order valence-corrected chi connectivity index (χ0v) is 12.9. The van der Waals surface area contributed by atoms with Crippen LogP contribution in [0.4, 0.5) is 0 Å². The van der Waals surface area contributed by atoms with E-state index in [1.807, 2.05) is 0 Å². The molecule has 0 amide bonds. The van der Waals surface area contributed by atoms with E-state index in [0.29, 0.717) is 12.2 Å². The van der Waals surface area contributed by atoms with Crippen LogP contribution in [0.5, 0.6) is 11.5 Å². The van der Waals surface area contributed by atoms with E-state index in [0.717, 1.165) is 11.1 Å². The molecule has 0 aliphatic heterocycles. The second-order valence-electron chi connectivity index (χ2n) is 5.27. The molecule has 0 radical (unpaired) electrons. The Labute approximate surface area is 139 Å². The smallest absolute Gasteiger partial charge is 0.336 e. The maximum atomic E-state index is 11.8. The van der Waals surface area contributed by atoms with Crippen LogP contribution in [0, 0.1) is 0 Å². The summed E-state index contributed by atoms with van der Waals surface area (Å²) in [6.07, 6.45) is 1.59. The van der Waals surface area contributed by atoms with Crippen molar-refractivity contribution in [1.82, 2.24) is 0 Å². The zero-order valence-electron chi connectivity index (χ0n) is 12.9. The van der Waals surface area contributed by atoms with Crippen LogP contribution in [0.25, 0.3) is 6.08 Å². The van der Waals surface area contributed by atoms with E-state index < -0.39 is 18.3 Å². The van der Waals surface area contributed by atoms with Crippen LogP contribution in [0.3, 0.4) is 0 Å². The lowest BCUT2D eigenvalue weighted by atomic mass is 10.1. The van der Waals surface area contributed by atoms with E-state index >= 15 is 0 Å². The van der Waals surface area contributed by atoms with Crippen molar-refractivity contribution in [3.63, 3.8) is 0 Å². The van der Waals surface area contributed by atoms with Gasteiger partial charge in [-0.25, -0.2) is 4.79 Å². The van der Waals surface area contributed by atoms with Gasteiger partial charge in [0.2, 0.25) is 0 Å². The summed E-state index contributed by atoms with van der Waals surface area (Å²) in [7, 11) is 0. The molecule has 2 aromatic carbocycles. The van der Waals surface area contributed by atoms with Crippen molar-refractivity contribution < 1.29 is 24.9 Å². The number of hydrogen-bond donors (Lipinski definition) is 4. The van der Waals surface area contributed by atoms with Gasteiger partial charge in [0.25, 0.3) is 0 Å². The van der Waals surface area contributed by atoms with Gasteiger partial charge in [0.1, 0.15) is 11.5 Å². The summed E-state index contributed by atoms with van der Waals surface area (Å²) in [6.45, 7) is 0. The number of aliphatic hydroxyl groups is 2. The van der Waals surface area contributed by atoms with Crippen LogP contribution >= 0.6 is 0 Å². The molecule has 2 rings (SSSR count). The quantitative estimate of drug-likeness (QED) is 0.274. The molecule has 126 valence electrons. The normalized spacial score (nSPS) is 12.5. The Balaban J connectivity index is 1.90. The Morgan fingerprint density at radius 2 is 1.71 bits per heavy atom. The number of nitrogens with two attached hydrogens (primary N) is 1. The van der Waals surface area contributed by atoms with E-state index in [9.17, 15) is 9.90 Å². The predicted molar refractivity (Wildman–Crippen MR) is 89.1 cm³/mol. The van der Waals surface area contributed by atoms with Gasteiger partial charge in [0, 0.05) is 6.08 Å². The first-order valence-corrected chi connectivity index (χ1v) is 7.33. The van der Waals surface area contributed by atoms with Gasteiger partial charge in [-0.3, -0.25) is 0 Å². The van der Waals surface area contributed by atoms with Crippen LogP contribution in [0.1, 0.15) is 11.1 Å². The molecular formula is C18H19NO5. The summed E-state index contributed by atoms with van der Waals surface area (Å²) in [5.74, 6) is -0.00113. The third-order valence-electron chi connectivity index (χ3n) is 3.30. The number of ether oxygens (including phenoxy) is 1. The van der Waals surface area contributed by atoms with Crippen LogP contribution < -0.4 is 10.5 Å². The van der Waals surface area contributed by atoms with Crippen LogP contribution in [-0.4, -0.2) is 33.6 Å². The summed E-state index contributed by atoms with van der Waals surface area (Å²) in [6, 6.07) is 12.3. The zero-order chi connectivity index (χ0) is 17.5. The Hall–Kier alpha value is -2.67. The van der Waals surface area contributed by atoms with Gasteiger partial charge in [0.05, 0.1) is 6.04 Å². The molecule has 2 aromatic rings. The topological polar surface area (TPSA) is 113 Å². The molecule has 6 nitrogen and oxygen atoms in total. The number of hydrogen-bond acceptors (Lipinski definition) is 6. The van der Waals surface area contributed by atoms with Crippen molar-refractivity contribution in [2.45, 2.75) is 18.8 Å². The molecular weight excluding hydrogens is 310 g/mol.